The molecule has 0 unspecified atom stereocenters. The van der Waals surface area contributed by atoms with Crippen LogP contribution >= 0.6 is 11.8 Å². The molecule has 0 fully saturated rings. The minimum absolute atomic E-state index is 0.219. The van der Waals surface area contributed by atoms with Crippen LogP contribution in [0.4, 0.5) is 0 Å². The number of hydrogen-bond acceptors (Lipinski definition) is 4. The van der Waals surface area contributed by atoms with Crippen LogP contribution in [-0.4, -0.2) is 19.7 Å². The van der Waals surface area contributed by atoms with Crippen molar-refractivity contribution in [3.63, 3.8) is 0 Å². The van der Waals surface area contributed by atoms with Gasteiger partial charge < -0.3 is 10.1 Å². The Hall–Kier alpha value is -2.83. The van der Waals surface area contributed by atoms with E-state index in [0.29, 0.717) is 11.3 Å². The number of benzene rings is 2. The second-order valence-electron chi connectivity index (χ2n) is 5.55. The van der Waals surface area contributed by atoms with E-state index in [4.69, 9.17) is 0 Å². The third-order valence-corrected chi connectivity index (χ3v) is 4.88. The third-order valence-electron chi connectivity index (χ3n) is 3.87. The quantitative estimate of drug-likeness (QED) is 0.593. The molecule has 0 spiro atoms. The Bertz CT molecular complexity index is 1070. The van der Waals surface area contributed by atoms with E-state index < -0.39 is 0 Å². The highest BCUT2D eigenvalue weighted by atomic mass is 32.2. The monoisotopic (exact) mass is 349 g/mol. The molecule has 0 aliphatic carbocycles. The maximum absolute atomic E-state index is 12.0. The topological polar surface area (TPSA) is 70.4 Å². The smallest absolute Gasteiger partial charge is 0.274 e. The maximum atomic E-state index is 12.0. The van der Waals surface area contributed by atoms with Gasteiger partial charge in [0.1, 0.15) is 5.65 Å². The predicted molar refractivity (Wildman–Crippen MR) is 97.7 cm³/mol. The lowest BCUT2D eigenvalue weighted by atomic mass is 10.1. The lowest BCUT2D eigenvalue weighted by molar-refractivity contribution is 0.277. The van der Waals surface area contributed by atoms with Crippen molar-refractivity contribution in [1.29, 1.82) is 0 Å². The molecule has 5 nitrogen and oxygen atoms in total. The minimum atomic E-state index is -0.264. The molecule has 6 heteroatoms. The van der Waals surface area contributed by atoms with Gasteiger partial charge >= 0.3 is 0 Å². The number of fused-ring (bicyclic) bond motifs is 1. The van der Waals surface area contributed by atoms with Gasteiger partial charge in [-0.1, -0.05) is 42.1 Å². The van der Waals surface area contributed by atoms with Gasteiger partial charge in [0, 0.05) is 27.1 Å². The average Bonchev–Trinajstić information content (AvgIpc) is 3.08. The van der Waals surface area contributed by atoms with Crippen LogP contribution in [0.3, 0.4) is 0 Å². The summed E-state index contributed by atoms with van der Waals surface area (Å²) < 4.78 is 1.31. The van der Waals surface area contributed by atoms with E-state index in [2.05, 4.69) is 22.2 Å². The first-order chi connectivity index (χ1) is 12.2. The van der Waals surface area contributed by atoms with Crippen molar-refractivity contribution >= 4 is 17.4 Å². The zero-order valence-corrected chi connectivity index (χ0v) is 14.0. The zero-order chi connectivity index (χ0) is 17.2. The van der Waals surface area contributed by atoms with E-state index in [9.17, 15) is 9.90 Å². The number of nitrogens with one attached hydrogen (secondary N) is 1. The molecule has 2 N–H and O–H groups in total. The van der Waals surface area contributed by atoms with Crippen molar-refractivity contribution in [2.75, 3.05) is 0 Å². The number of aromatic nitrogens is 3. The highest BCUT2D eigenvalue weighted by molar-refractivity contribution is 7.99. The molecular weight excluding hydrogens is 334 g/mol. The van der Waals surface area contributed by atoms with Crippen LogP contribution in [0.5, 0.6) is 0 Å². The number of aromatic amines is 1. The number of rotatable bonds is 4. The Balaban J connectivity index is 1.69. The largest absolute Gasteiger partial charge is 0.390 e. The summed E-state index contributed by atoms with van der Waals surface area (Å²) in [6, 6.07) is 19.6. The van der Waals surface area contributed by atoms with Gasteiger partial charge in [-0.25, -0.2) is 0 Å². The van der Waals surface area contributed by atoms with Crippen LogP contribution in [0.1, 0.15) is 5.69 Å². The minimum Gasteiger partial charge on any atom is -0.390 e. The van der Waals surface area contributed by atoms with Gasteiger partial charge in [0.2, 0.25) is 0 Å². The van der Waals surface area contributed by atoms with Crippen molar-refractivity contribution in [3.05, 3.63) is 82.9 Å². The van der Waals surface area contributed by atoms with Crippen molar-refractivity contribution in [2.24, 2.45) is 0 Å². The lowest BCUT2D eigenvalue weighted by Gasteiger charge is -2.04. The molecule has 0 aliphatic heterocycles. The molecule has 0 amide bonds. The molecule has 2 aromatic carbocycles. The molecule has 0 bridgehead atoms. The lowest BCUT2D eigenvalue weighted by Crippen LogP contribution is -2.15. The summed E-state index contributed by atoms with van der Waals surface area (Å²) in [5.41, 5.74) is 2.57. The van der Waals surface area contributed by atoms with Crippen LogP contribution in [0, 0.1) is 0 Å². The summed E-state index contributed by atoms with van der Waals surface area (Å²) >= 11 is 1.69. The molecular formula is C19H15N3O2S. The summed E-state index contributed by atoms with van der Waals surface area (Å²) in [6.45, 7) is -0.219. The third kappa shape index (κ3) is 3.09. The van der Waals surface area contributed by atoms with Crippen LogP contribution in [0.25, 0.3) is 16.8 Å². The molecule has 0 radical (unpaired) electrons. The highest BCUT2D eigenvalue weighted by Crippen LogP contribution is 2.30. The summed E-state index contributed by atoms with van der Waals surface area (Å²) in [7, 11) is 0. The molecule has 4 rings (SSSR count). The standard InChI is InChI=1S/C19H15N3O2S/c23-12-14-10-18(24)22-19(21-14)17(11-20-22)13-6-8-16(9-7-13)25-15-4-2-1-3-5-15/h1-11,21,23H,12H2. The molecule has 0 atom stereocenters. The molecule has 0 saturated heterocycles. The second-order valence-corrected chi connectivity index (χ2v) is 6.70. The Morgan fingerprint density at radius 1 is 1.04 bits per heavy atom. The van der Waals surface area contributed by atoms with Gasteiger partial charge in [-0.3, -0.25) is 4.79 Å². The summed E-state index contributed by atoms with van der Waals surface area (Å²) in [6.07, 6.45) is 1.66. The van der Waals surface area contributed by atoms with Crippen molar-refractivity contribution in [3.8, 4) is 11.1 Å². The predicted octanol–water partition coefficient (Wildman–Crippen LogP) is 3.33. The normalized spacial score (nSPS) is 11.1. The SMILES string of the molecule is O=c1cc(CO)[nH]c2c(-c3ccc(Sc4ccccc4)cc3)cnn12. The summed E-state index contributed by atoms with van der Waals surface area (Å²) in [5.74, 6) is 0. The zero-order valence-electron chi connectivity index (χ0n) is 13.2. The second kappa shape index (κ2) is 6.58. The van der Waals surface area contributed by atoms with Gasteiger partial charge in [0.25, 0.3) is 5.56 Å². The number of H-pyrrole nitrogens is 1. The molecule has 0 aliphatic rings. The Morgan fingerprint density at radius 3 is 2.48 bits per heavy atom. The van der Waals surface area contributed by atoms with Gasteiger partial charge in [-0.2, -0.15) is 9.61 Å². The van der Waals surface area contributed by atoms with E-state index in [0.717, 1.165) is 16.0 Å². The van der Waals surface area contributed by atoms with Crippen LogP contribution in [0.15, 0.2) is 81.4 Å². The first kappa shape index (κ1) is 15.7. The summed E-state index contributed by atoms with van der Waals surface area (Å²) in [5, 5.41) is 13.4. The summed E-state index contributed by atoms with van der Waals surface area (Å²) in [4.78, 5) is 17.4. The Morgan fingerprint density at radius 2 is 1.76 bits per heavy atom. The highest BCUT2D eigenvalue weighted by Gasteiger charge is 2.10. The molecule has 0 saturated carbocycles. The van der Waals surface area contributed by atoms with Crippen molar-refractivity contribution in [2.45, 2.75) is 16.4 Å². The molecule has 2 aromatic heterocycles. The number of aliphatic hydroxyl groups is 1. The van der Waals surface area contributed by atoms with E-state index in [-0.39, 0.29) is 12.2 Å². The fourth-order valence-electron chi connectivity index (χ4n) is 2.66. The Kier molecular flexibility index (Phi) is 4.13. The Labute approximate surface area is 148 Å². The van der Waals surface area contributed by atoms with E-state index in [1.54, 1.807) is 18.0 Å². The fourth-order valence-corrected chi connectivity index (χ4v) is 3.50. The van der Waals surface area contributed by atoms with E-state index in [1.165, 1.54) is 15.5 Å². The molecule has 4 aromatic rings. The van der Waals surface area contributed by atoms with Crippen molar-refractivity contribution in [1.82, 2.24) is 14.6 Å². The molecule has 25 heavy (non-hydrogen) atoms. The van der Waals surface area contributed by atoms with E-state index >= 15 is 0 Å². The maximum Gasteiger partial charge on any atom is 0.274 e. The first-order valence-corrected chi connectivity index (χ1v) is 8.60. The van der Waals surface area contributed by atoms with Gasteiger partial charge in [0.05, 0.1) is 12.8 Å². The fraction of sp³-hybridized carbons (Fsp3) is 0.0526. The van der Waals surface area contributed by atoms with Crippen molar-refractivity contribution < 1.29 is 5.11 Å². The number of nitrogens with zero attached hydrogens (tertiary/aromatic N) is 2. The molecule has 2 heterocycles. The van der Waals surface area contributed by atoms with Crippen LogP contribution in [-0.2, 0) is 6.61 Å². The van der Waals surface area contributed by atoms with Crippen LogP contribution < -0.4 is 5.56 Å². The van der Waals surface area contributed by atoms with Gasteiger partial charge in [0.15, 0.2) is 0 Å². The van der Waals surface area contributed by atoms with E-state index in [1.807, 2.05) is 42.5 Å². The number of hydrogen-bond donors (Lipinski definition) is 2. The first-order valence-electron chi connectivity index (χ1n) is 7.79. The van der Waals surface area contributed by atoms with Gasteiger partial charge in [-0.15, -0.1) is 0 Å². The van der Waals surface area contributed by atoms with Gasteiger partial charge in [-0.05, 0) is 29.8 Å². The average molecular weight is 349 g/mol. The van der Waals surface area contributed by atoms with Crippen LogP contribution in [0.2, 0.25) is 0 Å². The number of aliphatic hydroxyl groups excluding tert-OH is 1. The molecule has 124 valence electrons.